The minimum Gasteiger partial charge on any atom is -0.480 e. The zero-order valence-electron chi connectivity index (χ0n) is 10.7. The fourth-order valence-electron chi connectivity index (χ4n) is 2.22. The standard InChI is InChI=1S/C13H14F2N2O3/c14-9-4-8-2-1-3-17(11(8)5-10(9)15)7-12(18)16-6-13(19)20/h4-5H,1-3,6-7H2,(H,16,18)(H,19,20). The lowest BCUT2D eigenvalue weighted by Gasteiger charge is -2.30. The Balaban J connectivity index is 2.10. The summed E-state index contributed by atoms with van der Waals surface area (Å²) in [6, 6.07) is 2.22. The highest BCUT2D eigenvalue weighted by Gasteiger charge is 2.21. The molecule has 0 saturated heterocycles. The van der Waals surface area contributed by atoms with Crippen molar-refractivity contribution in [2.24, 2.45) is 0 Å². The van der Waals surface area contributed by atoms with Crippen LogP contribution < -0.4 is 10.2 Å². The molecule has 2 rings (SSSR count). The van der Waals surface area contributed by atoms with Crippen LogP contribution in [0.25, 0.3) is 0 Å². The predicted octanol–water partition coefficient (Wildman–Crippen LogP) is 0.918. The summed E-state index contributed by atoms with van der Waals surface area (Å²) < 4.78 is 26.5. The molecule has 1 aromatic carbocycles. The van der Waals surface area contributed by atoms with Crippen LogP contribution in [0.3, 0.4) is 0 Å². The van der Waals surface area contributed by atoms with Gasteiger partial charge in [-0.2, -0.15) is 0 Å². The molecule has 0 aliphatic carbocycles. The van der Waals surface area contributed by atoms with E-state index in [9.17, 15) is 18.4 Å². The van der Waals surface area contributed by atoms with Crippen LogP contribution in [0.2, 0.25) is 0 Å². The first-order valence-corrected chi connectivity index (χ1v) is 6.18. The van der Waals surface area contributed by atoms with Gasteiger partial charge in [0.15, 0.2) is 11.6 Å². The lowest BCUT2D eigenvalue weighted by molar-refractivity contribution is -0.137. The van der Waals surface area contributed by atoms with Gasteiger partial charge in [0, 0.05) is 18.3 Å². The smallest absolute Gasteiger partial charge is 0.322 e. The molecular weight excluding hydrogens is 270 g/mol. The van der Waals surface area contributed by atoms with E-state index in [0.29, 0.717) is 24.2 Å². The van der Waals surface area contributed by atoms with Gasteiger partial charge in [-0.25, -0.2) is 8.78 Å². The lowest BCUT2D eigenvalue weighted by Crippen LogP contribution is -2.41. The fraction of sp³-hybridized carbons (Fsp3) is 0.385. The van der Waals surface area contributed by atoms with Crippen molar-refractivity contribution >= 4 is 17.6 Å². The largest absolute Gasteiger partial charge is 0.480 e. The van der Waals surface area contributed by atoms with Crippen molar-refractivity contribution in [1.29, 1.82) is 0 Å². The van der Waals surface area contributed by atoms with Gasteiger partial charge in [-0.15, -0.1) is 0 Å². The van der Waals surface area contributed by atoms with Crippen molar-refractivity contribution < 1.29 is 23.5 Å². The first-order chi connectivity index (χ1) is 9.47. The zero-order valence-corrected chi connectivity index (χ0v) is 10.7. The molecule has 1 aliphatic rings. The summed E-state index contributed by atoms with van der Waals surface area (Å²) in [5, 5.41) is 10.7. The molecule has 0 unspecified atom stereocenters. The van der Waals surface area contributed by atoms with Crippen molar-refractivity contribution in [3.8, 4) is 0 Å². The van der Waals surface area contributed by atoms with E-state index in [0.717, 1.165) is 18.6 Å². The van der Waals surface area contributed by atoms with Gasteiger partial charge < -0.3 is 15.3 Å². The molecular formula is C13H14F2N2O3. The van der Waals surface area contributed by atoms with Crippen LogP contribution >= 0.6 is 0 Å². The Kier molecular flexibility index (Phi) is 4.16. The molecule has 108 valence electrons. The van der Waals surface area contributed by atoms with Gasteiger partial charge in [-0.05, 0) is 24.5 Å². The molecule has 0 aromatic heterocycles. The number of carboxylic acid groups (broad SMARTS) is 1. The van der Waals surface area contributed by atoms with Crippen LogP contribution in [-0.4, -0.2) is 36.6 Å². The molecule has 0 saturated carbocycles. The van der Waals surface area contributed by atoms with Crippen molar-refractivity contribution in [1.82, 2.24) is 5.32 Å². The number of hydrogen-bond donors (Lipinski definition) is 2. The average molecular weight is 284 g/mol. The number of nitrogens with zero attached hydrogens (tertiary/aromatic N) is 1. The van der Waals surface area contributed by atoms with E-state index >= 15 is 0 Å². The maximum atomic E-state index is 13.3. The van der Waals surface area contributed by atoms with Gasteiger partial charge in [0.25, 0.3) is 0 Å². The topological polar surface area (TPSA) is 69.6 Å². The van der Waals surface area contributed by atoms with E-state index in [1.54, 1.807) is 4.90 Å². The number of amides is 1. The van der Waals surface area contributed by atoms with Crippen LogP contribution in [0.1, 0.15) is 12.0 Å². The van der Waals surface area contributed by atoms with Crippen molar-refractivity contribution in [2.45, 2.75) is 12.8 Å². The van der Waals surface area contributed by atoms with E-state index in [4.69, 9.17) is 5.11 Å². The van der Waals surface area contributed by atoms with Crippen molar-refractivity contribution in [3.05, 3.63) is 29.3 Å². The summed E-state index contributed by atoms with van der Waals surface area (Å²) in [6.07, 6.45) is 1.35. The van der Waals surface area contributed by atoms with Crippen LogP contribution in [0, 0.1) is 11.6 Å². The van der Waals surface area contributed by atoms with E-state index in [1.807, 2.05) is 0 Å². The maximum Gasteiger partial charge on any atom is 0.322 e. The molecule has 0 atom stereocenters. The molecule has 0 bridgehead atoms. The van der Waals surface area contributed by atoms with E-state index < -0.39 is 30.1 Å². The molecule has 0 spiro atoms. The molecule has 2 N–H and O–H groups in total. The number of rotatable bonds is 4. The minimum atomic E-state index is -1.13. The van der Waals surface area contributed by atoms with Gasteiger partial charge in [0.2, 0.25) is 5.91 Å². The molecule has 0 radical (unpaired) electrons. The third-order valence-electron chi connectivity index (χ3n) is 3.11. The molecule has 1 aromatic rings. The average Bonchev–Trinajstić information content (AvgIpc) is 2.39. The molecule has 0 fully saturated rings. The number of hydrogen-bond acceptors (Lipinski definition) is 3. The normalized spacial score (nSPS) is 13.8. The molecule has 7 heteroatoms. The Bertz CT molecular complexity index is 549. The first kappa shape index (κ1) is 14.2. The predicted molar refractivity (Wildman–Crippen MR) is 67.5 cm³/mol. The Morgan fingerprint density at radius 3 is 2.70 bits per heavy atom. The number of aryl methyl sites for hydroxylation is 1. The summed E-state index contributed by atoms with van der Waals surface area (Å²) in [7, 11) is 0. The second-order valence-corrected chi connectivity index (χ2v) is 4.59. The number of anilines is 1. The highest BCUT2D eigenvalue weighted by Crippen LogP contribution is 2.29. The highest BCUT2D eigenvalue weighted by atomic mass is 19.2. The first-order valence-electron chi connectivity index (χ1n) is 6.18. The number of carboxylic acids is 1. The molecule has 1 heterocycles. The van der Waals surface area contributed by atoms with Gasteiger partial charge >= 0.3 is 5.97 Å². The third-order valence-corrected chi connectivity index (χ3v) is 3.11. The summed E-state index contributed by atoms with van der Waals surface area (Å²) in [5.74, 6) is -3.46. The highest BCUT2D eigenvalue weighted by molar-refractivity contribution is 5.85. The Morgan fingerprint density at radius 2 is 2.00 bits per heavy atom. The van der Waals surface area contributed by atoms with Gasteiger partial charge in [0.05, 0.1) is 6.54 Å². The number of fused-ring (bicyclic) bond motifs is 1. The number of carbonyl (C=O) groups is 2. The number of halogens is 2. The quantitative estimate of drug-likeness (QED) is 0.862. The second kappa shape index (κ2) is 5.85. The van der Waals surface area contributed by atoms with Gasteiger partial charge in [0.1, 0.15) is 6.54 Å². The van der Waals surface area contributed by atoms with E-state index in [2.05, 4.69) is 5.32 Å². The van der Waals surface area contributed by atoms with E-state index in [1.165, 1.54) is 0 Å². The lowest BCUT2D eigenvalue weighted by atomic mass is 10.0. The molecule has 1 aliphatic heterocycles. The Hall–Kier alpha value is -2.18. The third kappa shape index (κ3) is 3.23. The number of benzene rings is 1. The molecule has 5 nitrogen and oxygen atoms in total. The number of carbonyl (C=O) groups excluding carboxylic acids is 1. The fourth-order valence-corrected chi connectivity index (χ4v) is 2.22. The van der Waals surface area contributed by atoms with Crippen LogP contribution in [0.4, 0.5) is 14.5 Å². The van der Waals surface area contributed by atoms with Gasteiger partial charge in [-0.1, -0.05) is 0 Å². The number of nitrogens with one attached hydrogen (secondary N) is 1. The van der Waals surface area contributed by atoms with Crippen LogP contribution in [-0.2, 0) is 16.0 Å². The molecule has 1 amide bonds. The Morgan fingerprint density at radius 1 is 1.30 bits per heavy atom. The summed E-state index contributed by atoms with van der Waals surface area (Å²) in [5.41, 5.74) is 1.14. The summed E-state index contributed by atoms with van der Waals surface area (Å²) in [6.45, 7) is 0.00122. The zero-order chi connectivity index (χ0) is 14.7. The van der Waals surface area contributed by atoms with Crippen LogP contribution in [0.15, 0.2) is 12.1 Å². The van der Waals surface area contributed by atoms with Crippen LogP contribution in [0.5, 0.6) is 0 Å². The minimum absolute atomic E-state index is 0.0780. The number of aliphatic carboxylic acids is 1. The summed E-state index contributed by atoms with van der Waals surface area (Å²) >= 11 is 0. The molecule has 20 heavy (non-hydrogen) atoms. The van der Waals surface area contributed by atoms with E-state index in [-0.39, 0.29) is 6.54 Å². The monoisotopic (exact) mass is 284 g/mol. The van der Waals surface area contributed by atoms with Crippen molar-refractivity contribution in [3.63, 3.8) is 0 Å². The van der Waals surface area contributed by atoms with Gasteiger partial charge in [-0.3, -0.25) is 9.59 Å². The SMILES string of the molecule is O=C(O)CNC(=O)CN1CCCc2cc(F)c(F)cc21. The summed E-state index contributed by atoms with van der Waals surface area (Å²) in [4.78, 5) is 23.6. The second-order valence-electron chi connectivity index (χ2n) is 4.59. The van der Waals surface area contributed by atoms with Crippen molar-refractivity contribution in [2.75, 3.05) is 24.5 Å². The maximum absolute atomic E-state index is 13.3. The Labute approximate surface area is 114 Å².